The Hall–Kier alpha value is -1.20. The number of anilines is 1. The normalized spacial score (nSPS) is 16.3. The van der Waals surface area contributed by atoms with Crippen LogP contribution in [0.25, 0.3) is 0 Å². The van der Waals surface area contributed by atoms with E-state index in [0.29, 0.717) is 10.6 Å². The van der Waals surface area contributed by atoms with E-state index in [4.69, 9.17) is 11.6 Å². The van der Waals surface area contributed by atoms with E-state index in [1.807, 2.05) is 12.1 Å². The van der Waals surface area contributed by atoms with E-state index in [-0.39, 0.29) is 0 Å². The van der Waals surface area contributed by atoms with Crippen molar-refractivity contribution in [2.24, 2.45) is 5.92 Å². The summed E-state index contributed by atoms with van der Waals surface area (Å²) in [6, 6.07) is 7.88. The first-order valence-corrected chi connectivity index (χ1v) is 7.00. The first kappa shape index (κ1) is 13.2. The number of nitrogens with zero attached hydrogens (tertiary/aromatic N) is 2. The topological polar surface area (TPSA) is 27.0 Å². The van der Waals surface area contributed by atoms with Crippen molar-refractivity contribution < 1.29 is 0 Å². The molecule has 0 heterocycles. The zero-order chi connectivity index (χ0) is 13.0. The number of rotatable bonds is 3. The number of benzene rings is 1. The van der Waals surface area contributed by atoms with E-state index in [9.17, 15) is 5.26 Å². The van der Waals surface area contributed by atoms with Gasteiger partial charge in [0.1, 0.15) is 6.07 Å². The zero-order valence-corrected chi connectivity index (χ0v) is 11.6. The molecule has 0 radical (unpaired) electrons. The number of hydrogen-bond acceptors (Lipinski definition) is 2. The standard InChI is InChI=1S/C15H19ClN2/c1-18(11-12-6-3-2-4-7-12)15-9-5-8-14(16)13(15)10-17/h5,8-9,12H,2-4,6-7,11H2,1H3. The molecule has 18 heavy (non-hydrogen) atoms. The average Bonchev–Trinajstić information content (AvgIpc) is 2.39. The van der Waals surface area contributed by atoms with Crippen molar-refractivity contribution >= 4 is 17.3 Å². The number of nitriles is 1. The van der Waals surface area contributed by atoms with Gasteiger partial charge in [-0.05, 0) is 30.9 Å². The average molecular weight is 263 g/mol. The van der Waals surface area contributed by atoms with Gasteiger partial charge in [-0.3, -0.25) is 0 Å². The minimum Gasteiger partial charge on any atom is -0.373 e. The van der Waals surface area contributed by atoms with E-state index >= 15 is 0 Å². The number of hydrogen-bond donors (Lipinski definition) is 0. The summed E-state index contributed by atoms with van der Waals surface area (Å²) in [5.41, 5.74) is 1.55. The van der Waals surface area contributed by atoms with Gasteiger partial charge in [0.2, 0.25) is 0 Å². The molecule has 3 heteroatoms. The van der Waals surface area contributed by atoms with Crippen molar-refractivity contribution in [1.82, 2.24) is 0 Å². The highest BCUT2D eigenvalue weighted by atomic mass is 35.5. The second-order valence-corrected chi connectivity index (χ2v) is 5.54. The van der Waals surface area contributed by atoms with Crippen LogP contribution in [0, 0.1) is 17.2 Å². The highest BCUT2D eigenvalue weighted by Gasteiger charge is 2.17. The predicted octanol–water partition coefficient (Wildman–Crippen LogP) is 4.23. The molecule has 1 aliphatic carbocycles. The molecular formula is C15H19ClN2. The van der Waals surface area contributed by atoms with Crippen molar-refractivity contribution in [2.75, 3.05) is 18.5 Å². The van der Waals surface area contributed by atoms with E-state index < -0.39 is 0 Å². The van der Waals surface area contributed by atoms with Crippen molar-refractivity contribution in [3.05, 3.63) is 28.8 Å². The van der Waals surface area contributed by atoms with Gasteiger partial charge < -0.3 is 4.90 Å². The molecule has 2 rings (SSSR count). The largest absolute Gasteiger partial charge is 0.373 e. The molecule has 0 aliphatic heterocycles. The Balaban J connectivity index is 2.11. The third kappa shape index (κ3) is 2.97. The van der Waals surface area contributed by atoms with E-state index in [0.717, 1.165) is 18.2 Å². The molecule has 0 saturated heterocycles. The third-order valence-electron chi connectivity index (χ3n) is 3.77. The highest BCUT2D eigenvalue weighted by molar-refractivity contribution is 6.32. The number of halogens is 1. The van der Waals surface area contributed by atoms with Crippen molar-refractivity contribution in [1.29, 1.82) is 5.26 Å². The maximum Gasteiger partial charge on any atom is 0.103 e. The van der Waals surface area contributed by atoms with E-state index in [2.05, 4.69) is 18.0 Å². The first-order valence-electron chi connectivity index (χ1n) is 6.62. The molecule has 1 fully saturated rings. The van der Waals surface area contributed by atoms with Gasteiger partial charge in [-0.15, -0.1) is 0 Å². The van der Waals surface area contributed by atoms with Crippen molar-refractivity contribution in [3.8, 4) is 6.07 Å². The van der Waals surface area contributed by atoms with Gasteiger partial charge in [-0.1, -0.05) is 36.9 Å². The molecule has 2 nitrogen and oxygen atoms in total. The predicted molar refractivity (Wildman–Crippen MR) is 76.0 cm³/mol. The van der Waals surface area contributed by atoms with Crippen molar-refractivity contribution in [3.63, 3.8) is 0 Å². The van der Waals surface area contributed by atoms with Gasteiger partial charge in [-0.2, -0.15) is 5.26 Å². The molecule has 96 valence electrons. The molecule has 0 N–H and O–H groups in total. The van der Waals surface area contributed by atoms with Crippen LogP contribution in [0.1, 0.15) is 37.7 Å². The maximum absolute atomic E-state index is 9.19. The summed E-state index contributed by atoms with van der Waals surface area (Å²) < 4.78 is 0. The summed E-state index contributed by atoms with van der Waals surface area (Å²) in [6.45, 7) is 1.02. The van der Waals surface area contributed by atoms with Gasteiger partial charge in [0.15, 0.2) is 0 Å². The summed E-state index contributed by atoms with van der Waals surface area (Å²) in [5, 5.41) is 9.74. The van der Waals surface area contributed by atoms with Crippen LogP contribution >= 0.6 is 11.6 Å². The van der Waals surface area contributed by atoms with Gasteiger partial charge >= 0.3 is 0 Å². The quantitative estimate of drug-likeness (QED) is 0.815. The van der Waals surface area contributed by atoms with Gasteiger partial charge in [0, 0.05) is 13.6 Å². The van der Waals surface area contributed by atoms with Crippen molar-refractivity contribution in [2.45, 2.75) is 32.1 Å². The minimum absolute atomic E-state index is 0.547. The fourth-order valence-corrected chi connectivity index (χ4v) is 3.01. The Kier molecular flexibility index (Phi) is 4.49. The van der Waals surface area contributed by atoms with Gasteiger partial charge in [0.05, 0.1) is 16.3 Å². The summed E-state index contributed by atoms with van der Waals surface area (Å²) in [5.74, 6) is 0.759. The van der Waals surface area contributed by atoms with Gasteiger partial charge in [-0.25, -0.2) is 0 Å². The van der Waals surface area contributed by atoms with E-state index in [1.165, 1.54) is 32.1 Å². The van der Waals surface area contributed by atoms with Crippen LogP contribution in [-0.2, 0) is 0 Å². The first-order chi connectivity index (χ1) is 8.72. The molecular weight excluding hydrogens is 244 g/mol. The summed E-state index contributed by atoms with van der Waals surface area (Å²) in [6.07, 6.45) is 6.69. The van der Waals surface area contributed by atoms with Crippen LogP contribution < -0.4 is 4.90 Å². The minimum atomic E-state index is 0.547. The zero-order valence-electron chi connectivity index (χ0n) is 10.8. The second kappa shape index (κ2) is 6.11. The lowest BCUT2D eigenvalue weighted by Gasteiger charge is -2.29. The van der Waals surface area contributed by atoms with E-state index in [1.54, 1.807) is 6.07 Å². The molecule has 0 spiro atoms. The van der Waals surface area contributed by atoms with Crippen LogP contribution in [0.4, 0.5) is 5.69 Å². The molecule has 0 unspecified atom stereocenters. The summed E-state index contributed by atoms with van der Waals surface area (Å²) in [7, 11) is 2.06. The Morgan fingerprint density at radius 2 is 2.06 bits per heavy atom. The van der Waals surface area contributed by atoms with Gasteiger partial charge in [0.25, 0.3) is 0 Å². The molecule has 1 aromatic rings. The lowest BCUT2D eigenvalue weighted by molar-refractivity contribution is 0.362. The SMILES string of the molecule is CN(CC1CCCCC1)c1cccc(Cl)c1C#N. The molecule has 0 atom stereocenters. The van der Waals surface area contributed by atoms with Crippen LogP contribution in [0.2, 0.25) is 5.02 Å². The van der Waals surface area contributed by atoms with Crippen LogP contribution in [0.3, 0.4) is 0 Å². The second-order valence-electron chi connectivity index (χ2n) is 5.13. The Labute approximate surface area is 114 Å². The lowest BCUT2D eigenvalue weighted by atomic mass is 9.89. The molecule has 0 aromatic heterocycles. The Morgan fingerprint density at radius 1 is 1.33 bits per heavy atom. The Bertz CT molecular complexity index is 444. The molecule has 1 aromatic carbocycles. The van der Waals surface area contributed by atoms with Crippen LogP contribution in [0.15, 0.2) is 18.2 Å². The molecule has 0 bridgehead atoms. The summed E-state index contributed by atoms with van der Waals surface area (Å²) >= 11 is 6.07. The molecule has 0 amide bonds. The van der Waals surface area contributed by atoms with Crippen LogP contribution in [0.5, 0.6) is 0 Å². The summed E-state index contributed by atoms with van der Waals surface area (Å²) in [4.78, 5) is 2.18. The fourth-order valence-electron chi connectivity index (χ4n) is 2.80. The molecule has 1 saturated carbocycles. The monoisotopic (exact) mass is 262 g/mol. The fraction of sp³-hybridized carbons (Fsp3) is 0.533. The smallest absolute Gasteiger partial charge is 0.103 e. The lowest BCUT2D eigenvalue weighted by Crippen LogP contribution is -2.27. The third-order valence-corrected chi connectivity index (χ3v) is 4.09. The van der Waals surface area contributed by atoms with Crippen LogP contribution in [-0.4, -0.2) is 13.6 Å². The highest BCUT2D eigenvalue weighted by Crippen LogP contribution is 2.29. The molecule has 1 aliphatic rings. The maximum atomic E-state index is 9.19. The Morgan fingerprint density at radius 3 is 2.72 bits per heavy atom.